The van der Waals surface area contributed by atoms with E-state index in [9.17, 15) is 4.79 Å². The predicted octanol–water partition coefficient (Wildman–Crippen LogP) is 9.01. The van der Waals surface area contributed by atoms with E-state index < -0.39 is 0 Å². The standard InChI is InChI=1S/C33H37NO2/c1-2-3-4-5-7-10-25-15-22-31(32(23-25)29-11-8-6-9-12-29)33(35)36-30-20-18-28(19-21-30)27-16-13-26(24-34)14-17-27/h13-23,29H,2-12H2,1H3. The molecule has 3 heteroatoms. The molecule has 0 atom stereocenters. The van der Waals surface area contributed by atoms with Crippen LogP contribution in [0.15, 0.2) is 66.7 Å². The summed E-state index contributed by atoms with van der Waals surface area (Å²) in [7, 11) is 0. The molecule has 1 fully saturated rings. The van der Waals surface area contributed by atoms with E-state index in [1.807, 2.05) is 54.6 Å². The van der Waals surface area contributed by atoms with Gasteiger partial charge in [0.05, 0.1) is 17.2 Å². The van der Waals surface area contributed by atoms with Gasteiger partial charge in [0.2, 0.25) is 0 Å². The van der Waals surface area contributed by atoms with Crippen LogP contribution in [0.25, 0.3) is 11.1 Å². The lowest BCUT2D eigenvalue weighted by Gasteiger charge is -2.24. The van der Waals surface area contributed by atoms with Crippen LogP contribution >= 0.6 is 0 Å². The first kappa shape index (κ1) is 25.7. The Morgan fingerprint density at radius 3 is 2.19 bits per heavy atom. The molecule has 0 spiro atoms. The average molecular weight is 480 g/mol. The molecular formula is C33H37NO2. The summed E-state index contributed by atoms with van der Waals surface area (Å²) in [6.45, 7) is 2.25. The van der Waals surface area contributed by atoms with Gasteiger partial charge in [0.15, 0.2) is 0 Å². The molecule has 0 unspecified atom stereocenters. The number of carbonyl (C=O) groups excluding carboxylic acids is 1. The molecule has 0 bridgehead atoms. The van der Waals surface area contributed by atoms with E-state index in [2.05, 4.69) is 25.1 Å². The van der Waals surface area contributed by atoms with E-state index in [0.29, 0.717) is 22.8 Å². The van der Waals surface area contributed by atoms with E-state index in [0.717, 1.165) is 30.4 Å². The van der Waals surface area contributed by atoms with E-state index in [-0.39, 0.29) is 5.97 Å². The number of carbonyl (C=O) groups is 1. The summed E-state index contributed by atoms with van der Waals surface area (Å²) in [4.78, 5) is 13.3. The highest BCUT2D eigenvalue weighted by Crippen LogP contribution is 2.36. The maximum absolute atomic E-state index is 13.3. The van der Waals surface area contributed by atoms with Crippen LogP contribution in [0.5, 0.6) is 5.75 Å². The summed E-state index contributed by atoms with van der Waals surface area (Å²) in [6.07, 6.45) is 13.5. The highest BCUT2D eigenvalue weighted by molar-refractivity contribution is 5.93. The molecule has 36 heavy (non-hydrogen) atoms. The minimum Gasteiger partial charge on any atom is -0.423 e. The Labute approximate surface area is 216 Å². The lowest BCUT2D eigenvalue weighted by Crippen LogP contribution is -2.15. The molecule has 0 aliphatic heterocycles. The molecule has 3 aromatic rings. The molecule has 0 amide bonds. The summed E-state index contributed by atoms with van der Waals surface area (Å²) in [6, 6.07) is 23.6. The minimum atomic E-state index is -0.267. The number of nitrogens with zero attached hydrogens (tertiary/aromatic N) is 1. The summed E-state index contributed by atoms with van der Waals surface area (Å²) in [5, 5.41) is 9.00. The lowest BCUT2D eigenvalue weighted by atomic mass is 9.81. The minimum absolute atomic E-state index is 0.267. The van der Waals surface area contributed by atoms with Gasteiger partial charge < -0.3 is 4.74 Å². The Morgan fingerprint density at radius 2 is 1.53 bits per heavy atom. The number of rotatable bonds is 10. The average Bonchev–Trinajstić information content (AvgIpc) is 2.94. The van der Waals surface area contributed by atoms with Gasteiger partial charge in [-0.15, -0.1) is 0 Å². The molecule has 0 aromatic heterocycles. The van der Waals surface area contributed by atoms with Gasteiger partial charge in [0.25, 0.3) is 0 Å². The molecule has 3 aromatic carbocycles. The van der Waals surface area contributed by atoms with Crippen LogP contribution in [0.3, 0.4) is 0 Å². The fourth-order valence-corrected chi connectivity index (χ4v) is 5.25. The summed E-state index contributed by atoms with van der Waals surface area (Å²) >= 11 is 0. The van der Waals surface area contributed by atoms with Crippen LogP contribution in [0.1, 0.15) is 104 Å². The predicted molar refractivity (Wildman–Crippen MR) is 146 cm³/mol. The van der Waals surface area contributed by atoms with Crippen LogP contribution in [0, 0.1) is 11.3 Å². The topological polar surface area (TPSA) is 50.1 Å². The van der Waals surface area contributed by atoms with Crippen molar-refractivity contribution in [3.8, 4) is 22.9 Å². The van der Waals surface area contributed by atoms with Crippen molar-refractivity contribution >= 4 is 5.97 Å². The molecular weight excluding hydrogens is 442 g/mol. The largest absolute Gasteiger partial charge is 0.423 e. The maximum atomic E-state index is 13.3. The number of unbranched alkanes of at least 4 members (excludes halogenated alkanes) is 4. The monoisotopic (exact) mass is 479 g/mol. The van der Waals surface area contributed by atoms with Gasteiger partial charge in [-0.2, -0.15) is 5.26 Å². The highest BCUT2D eigenvalue weighted by Gasteiger charge is 2.23. The lowest BCUT2D eigenvalue weighted by molar-refractivity contribution is 0.0732. The Bertz CT molecular complexity index is 1170. The third-order valence-electron chi connectivity index (χ3n) is 7.36. The van der Waals surface area contributed by atoms with Gasteiger partial charge in [0.1, 0.15) is 5.75 Å². The maximum Gasteiger partial charge on any atom is 0.343 e. The van der Waals surface area contributed by atoms with E-state index in [1.54, 1.807) is 0 Å². The summed E-state index contributed by atoms with van der Waals surface area (Å²) < 4.78 is 5.84. The van der Waals surface area contributed by atoms with Crippen LogP contribution in [-0.2, 0) is 6.42 Å². The number of hydrogen-bond donors (Lipinski definition) is 0. The van der Waals surface area contributed by atoms with Crippen molar-refractivity contribution in [2.24, 2.45) is 0 Å². The van der Waals surface area contributed by atoms with Gasteiger partial charge in [-0.1, -0.05) is 88.3 Å². The molecule has 0 saturated heterocycles. The number of ether oxygens (including phenoxy) is 1. The smallest absolute Gasteiger partial charge is 0.343 e. The Kier molecular flexibility index (Phi) is 9.33. The molecule has 0 heterocycles. The third-order valence-corrected chi connectivity index (χ3v) is 7.36. The quantitative estimate of drug-likeness (QED) is 0.166. The fraction of sp³-hybridized carbons (Fsp3) is 0.394. The van der Waals surface area contributed by atoms with Gasteiger partial charge >= 0.3 is 5.97 Å². The molecule has 186 valence electrons. The number of hydrogen-bond acceptors (Lipinski definition) is 3. The summed E-state index contributed by atoms with van der Waals surface area (Å²) in [5.41, 5.74) is 5.92. The number of nitriles is 1. The second kappa shape index (κ2) is 13.1. The van der Waals surface area contributed by atoms with Crippen LogP contribution in [0.4, 0.5) is 0 Å². The molecule has 1 aliphatic rings. The van der Waals surface area contributed by atoms with Crippen molar-refractivity contribution in [3.63, 3.8) is 0 Å². The SMILES string of the molecule is CCCCCCCc1ccc(C(=O)Oc2ccc(-c3ccc(C#N)cc3)cc2)c(C2CCCCC2)c1. The summed E-state index contributed by atoms with van der Waals surface area (Å²) in [5.74, 6) is 0.725. The zero-order chi connectivity index (χ0) is 25.2. The van der Waals surface area contributed by atoms with Crippen LogP contribution in [-0.4, -0.2) is 5.97 Å². The van der Waals surface area contributed by atoms with Crippen molar-refractivity contribution in [2.45, 2.75) is 83.5 Å². The number of aryl methyl sites for hydroxylation is 1. The van der Waals surface area contributed by atoms with Crippen molar-refractivity contribution in [1.82, 2.24) is 0 Å². The Morgan fingerprint density at radius 1 is 0.861 bits per heavy atom. The molecule has 0 N–H and O–H groups in total. The van der Waals surface area contributed by atoms with Gasteiger partial charge in [-0.05, 0) is 84.2 Å². The van der Waals surface area contributed by atoms with Crippen molar-refractivity contribution in [1.29, 1.82) is 5.26 Å². The second-order valence-electron chi connectivity index (χ2n) is 10.0. The normalized spacial score (nSPS) is 13.8. The number of benzene rings is 3. The zero-order valence-corrected chi connectivity index (χ0v) is 21.5. The Hall–Kier alpha value is -3.38. The van der Waals surface area contributed by atoms with E-state index in [4.69, 9.17) is 10.00 Å². The zero-order valence-electron chi connectivity index (χ0n) is 21.5. The van der Waals surface area contributed by atoms with Crippen LogP contribution in [0.2, 0.25) is 0 Å². The third kappa shape index (κ3) is 6.85. The first-order valence-corrected chi connectivity index (χ1v) is 13.6. The van der Waals surface area contributed by atoms with Gasteiger partial charge in [-0.25, -0.2) is 4.79 Å². The van der Waals surface area contributed by atoms with E-state index in [1.165, 1.54) is 62.5 Å². The van der Waals surface area contributed by atoms with Crippen molar-refractivity contribution in [2.75, 3.05) is 0 Å². The molecule has 0 radical (unpaired) electrons. The first-order valence-electron chi connectivity index (χ1n) is 13.6. The molecule has 1 saturated carbocycles. The first-order chi connectivity index (χ1) is 17.7. The van der Waals surface area contributed by atoms with Crippen molar-refractivity contribution < 1.29 is 9.53 Å². The highest BCUT2D eigenvalue weighted by atomic mass is 16.5. The van der Waals surface area contributed by atoms with Crippen molar-refractivity contribution in [3.05, 3.63) is 89.0 Å². The Balaban J connectivity index is 1.47. The van der Waals surface area contributed by atoms with Crippen LogP contribution < -0.4 is 4.74 Å². The molecule has 1 aliphatic carbocycles. The fourth-order valence-electron chi connectivity index (χ4n) is 5.25. The number of esters is 1. The van der Waals surface area contributed by atoms with Gasteiger partial charge in [-0.3, -0.25) is 0 Å². The van der Waals surface area contributed by atoms with Gasteiger partial charge in [0, 0.05) is 0 Å². The molecule has 3 nitrogen and oxygen atoms in total. The molecule has 4 rings (SSSR count). The second-order valence-corrected chi connectivity index (χ2v) is 10.0. The van der Waals surface area contributed by atoms with E-state index >= 15 is 0 Å².